The Bertz CT molecular complexity index is 821. The second-order valence-corrected chi connectivity index (χ2v) is 8.43. The molecule has 0 spiro atoms. The number of sulfonamides is 1. The highest BCUT2D eigenvalue weighted by Crippen LogP contribution is 2.26. The molecule has 2 aromatic rings. The molecule has 0 saturated carbocycles. The molecule has 1 aliphatic heterocycles. The second kappa shape index (κ2) is 6.43. The number of anilines is 1. The Morgan fingerprint density at radius 1 is 1.22 bits per heavy atom. The largest absolute Gasteiger partial charge is 0.321 e. The molecular weight excluding hydrogens is 332 g/mol. The fourth-order valence-electron chi connectivity index (χ4n) is 2.57. The van der Waals surface area contributed by atoms with E-state index in [0.717, 1.165) is 29.7 Å². The van der Waals surface area contributed by atoms with Crippen molar-refractivity contribution < 1.29 is 13.2 Å². The normalized spacial score (nSPS) is 15.7. The maximum absolute atomic E-state index is 12.5. The molecule has 0 bridgehead atoms. The van der Waals surface area contributed by atoms with Gasteiger partial charge in [-0.15, -0.1) is 11.3 Å². The van der Waals surface area contributed by atoms with Crippen molar-refractivity contribution in [2.45, 2.75) is 24.7 Å². The Morgan fingerprint density at radius 2 is 1.96 bits per heavy atom. The number of nitrogens with one attached hydrogen (secondary N) is 1. The minimum atomic E-state index is -3.47. The Hall–Kier alpha value is -1.70. The summed E-state index contributed by atoms with van der Waals surface area (Å²) in [4.78, 5) is 12.9. The van der Waals surface area contributed by atoms with Gasteiger partial charge in [-0.2, -0.15) is 4.31 Å². The van der Waals surface area contributed by atoms with Gasteiger partial charge in [0.05, 0.1) is 9.77 Å². The Morgan fingerprint density at radius 3 is 2.65 bits per heavy atom. The fourth-order valence-corrected chi connectivity index (χ4v) is 5.24. The molecule has 0 unspecified atom stereocenters. The van der Waals surface area contributed by atoms with Crippen molar-refractivity contribution in [3.8, 4) is 0 Å². The molecule has 1 aliphatic rings. The molecule has 0 aliphatic carbocycles. The summed E-state index contributed by atoms with van der Waals surface area (Å²) in [6.07, 6.45) is 1.79. The molecule has 2 heterocycles. The summed E-state index contributed by atoms with van der Waals surface area (Å²) in [7, 11) is -3.47. The highest BCUT2D eigenvalue weighted by molar-refractivity contribution is 7.89. The van der Waals surface area contributed by atoms with Gasteiger partial charge in [-0.1, -0.05) is 12.1 Å². The predicted octanol–water partition coefficient (Wildman–Crippen LogP) is 3.09. The van der Waals surface area contributed by atoms with Crippen molar-refractivity contribution in [1.82, 2.24) is 4.31 Å². The number of hydrogen-bond donors (Lipinski definition) is 1. The van der Waals surface area contributed by atoms with E-state index in [-0.39, 0.29) is 10.8 Å². The molecule has 122 valence electrons. The van der Waals surface area contributed by atoms with Crippen LogP contribution in [-0.2, 0) is 10.0 Å². The monoisotopic (exact) mass is 350 g/mol. The SMILES string of the molecule is Cc1cccc(NC(=O)c2cc(S(=O)(=O)N3CCCC3)cs2)c1. The van der Waals surface area contributed by atoms with Crippen molar-refractivity contribution in [2.24, 2.45) is 0 Å². The Kier molecular flexibility index (Phi) is 4.52. The van der Waals surface area contributed by atoms with Gasteiger partial charge in [0.25, 0.3) is 5.91 Å². The van der Waals surface area contributed by atoms with Crippen LogP contribution in [0.15, 0.2) is 40.6 Å². The van der Waals surface area contributed by atoms with Gasteiger partial charge in [-0.05, 0) is 43.5 Å². The van der Waals surface area contributed by atoms with Crippen molar-refractivity contribution in [3.63, 3.8) is 0 Å². The van der Waals surface area contributed by atoms with Crippen LogP contribution in [-0.4, -0.2) is 31.7 Å². The summed E-state index contributed by atoms with van der Waals surface area (Å²) in [5.41, 5.74) is 1.75. The standard InChI is InChI=1S/C16H18N2O3S2/c1-12-5-4-6-13(9-12)17-16(19)15-10-14(11-22-15)23(20,21)18-7-2-3-8-18/h4-6,9-11H,2-3,7-8H2,1H3,(H,17,19). The molecule has 5 nitrogen and oxygen atoms in total. The third-order valence-electron chi connectivity index (χ3n) is 3.78. The summed E-state index contributed by atoms with van der Waals surface area (Å²) in [6.45, 7) is 3.06. The highest BCUT2D eigenvalue weighted by Gasteiger charge is 2.28. The summed E-state index contributed by atoms with van der Waals surface area (Å²) in [5, 5.41) is 4.34. The molecule has 1 N–H and O–H groups in total. The van der Waals surface area contributed by atoms with Gasteiger partial charge in [-0.25, -0.2) is 8.42 Å². The third kappa shape index (κ3) is 3.46. The van der Waals surface area contributed by atoms with Crippen LogP contribution < -0.4 is 5.32 Å². The summed E-state index contributed by atoms with van der Waals surface area (Å²) in [5.74, 6) is -0.288. The van der Waals surface area contributed by atoms with Crippen LogP contribution >= 0.6 is 11.3 Å². The molecule has 7 heteroatoms. The van der Waals surface area contributed by atoms with E-state index >= 15 is 0 Å². The second-order valence-electron chi connectivity index (χ2n) is 5.58. The van der Waals surface area contributed by atoms with E-state index in [9.17, 15) is 13.2 Å². The first-order valence-electron chi connectivity index (χ1n) is 7.43. The number of thiophene rings is 1. The molecule has 0 atom stereocenters. The van der Waals surface area contributed by atoms with E-state index in [0.29, 0.717) is 23.7 Å². The molecular formula is C16H18N2O3S2. The average Bonchev–Trinajstić information content (AvgIpc) is 3.19. The quantitative estimate of drug-likeness (QED) is 0.921. The summed E-state index contributed by atoms with van der Waals surface area (Å²) >= 11 is 1.15. The lowest BCUT2D eigenvalue weighted by atomic mass is 10.2. The zero-order valence-electron chi connectivity index (χ0n) is 12.8. The first-order chi connectivity index (χ1) is 11.0. The molecule has 1 aromatic heterocycles. The molecule has 1 fully saturated rings. The van der Waals surface area contributed by atoms with Crippen molar-refractivity contribution in [2.75, 3.05) is 18.4 Å². The van der Waals surface area contributed by atoms with Crippen molar-refractivity contribution in [3.05, 3.63) is 46.2 Å². The Labute approximate surface area is 140 Å². The topological polar surface area (TPSA) is 66.5 Å². The van der Waals surface area contributed by atoms with Gasteiger partial charge < -0.3 is 5.32 Å². The van der Waals surface area contributed by atoms with Crippen LogP contribution in [0, 0.1) is 6.92 Å². The van der Waals surface area contributed by atoms with Gasteiger partial charge >= 0.3 is 0 Å². The number of carbonyl (C=O) groups is 1. The van der Waals surface area contributed by atoms with Gasteiger partial charge in [0.15, 0.2) is 0 Å². The number of amides is 1. The molecule has 3 rings (SSSR count). The first kappa shape index (κ1) is 16.2. The minimum absolute atomic E-state index is 0.207. The van der Waals surface area contributed by atoms with Crippen LogP contribution in [0.1, 0.15) is 28.1 Å². The first-order valence-corrected chi connectivity index (χ1v) is 9.75. The van der Waals surface area contributed by atoms with Crippen LogP contribution in [0.3, 0.4) is 0 Å². The van der Waals surface area contributed by atoms with Crippen molar-refractivity contribution in [1.29, 1.82) is 0 Å². The molecule has 1 amide bonds. The Balaban J connectivity index is 1.77. The molecule has 23 heavy (non-hydrogen) atoms. The van der Waals surface area contributed by atoms with Gasteiger partial charge in [-0.3, -0.25) is 4.79 Å². The van der Waals surface area contributed by atoms with Crippen LogP contribution in [0.25, 0.3) is 0 Å². The predicted molar refractivity (Wildman–Crippen MR) is 91.4 cm³/mol. The zero-order valence-corrected chi connectivity index (χ0v) is 14.4. The van der Waals surface area contributed by atoms with E-state index in [2.05, 4.69) is 5.32 Å². The van der Waals surface area contributed by atoms with Gasteiger partial charge in [0.1, 0.15) is 0 Å². The van der Waals surface area contributed by atoms with E-state index < -0.39 is 10.0 Å². The van der Waals surface area contributed by atoms with Gasteiger partial charge in [0.2, 0.25) is 10.0 Å². The fraction of sp³-hybridized carbons (Fsp3) is 0.312. The van der Waals surface area contributed by atoms with Crippen LogP contribution in [0.2, 0.25) is 0 Å². The van der Waals surface area contributed by atoms with Crippen LogP contribution in [0.4, 0.5) is 5.69 Å². The molecule has 1 saturated heterocycles. The zero-order chi connectivity index (χ0) is 16.4. The number of carbonyl (C=O) groups excluding carboxylic acids is 1. The lowest BCUT2D eigenvalue weighted by Gasteiger charge is -2.13. The number of benzene rings is 1. The lowest BCUT2D eigenvalue weighted by molar-refractivity contribution is 0.103. The van der Waals surface area contributed by atoms with E-state index in [4.69, 9.17) is 0 Å². The van der Waals surface area contributed by atoms with E-state index in [1.54, 1.807) is 11.4 Å². The maximum atomic E-state index is 12.5. The lowest BCUT2D eigenvalue weighted by Crippen LogP contribution is -2.27. The number of nitrogens with zero attached hydrogens (tertiary/aromatic N) is 1. The smallest absolute Gasteiger partial charge is 0.265 e. The third-order valence-corrected chi connectivity index (χ3v) is 6.73. The van der Waals surface area contributed by atoms with E-state index in [1.165, 1.54) is 10.4 Å². The maximum Gasteiger partial charge on any atom is 0.265 e. The summed E-state index contributed by atoms with van der Waals surface area (Å²) < 4.78 is 26.4. The van der Waals surface area contributed by atoms with Crippen molar-refractivity contribution >= 4 is 33.0 Å². The molecule has 1 aromatic carbocycles. The number of rotatable bonds is 4. The van der Waals surface area contributed by atoms with Crippen LogP contribution in [0.5, 0.6) is 0 Å². The number of aryl methyl sites for hydroxylation is 1. The van der Waals surface area contributed by atoms with E-state index in [1.807, 2.05) is 25.1 Å². The minimum Gasteiger partial charge on any atom is -0.321 e. The summed E-state index contributed by atoms with van der Waals surface area (Å²) in [6, 6.07) is 8.95. The van der Waals surface area contributed by atoms with Gasteiger partial charge in [0, 0.05) is 24.2 Å². The number of hydrogen-bond acceptors (Lipinski definition) is 4. The molecule has 0 radical (unpaired) electrons. The average molecular weight is 350 g/mol. The highest BCUT2D eigenvalue weighted by atomic mass is 32.2.